The number of carbonyl (C=O) groups excluding carboxylic acids is 1. The minimum atomic E-state index is -0.583. The summed E-state index contributed by atoms with van der Waals surface area (Å²) >= 11 is 3.32. The highest BCUT2D eigenvalue weighted by molar-refractivity contribution is 9.10. The number of benzene rings is 2. The van der Waals surface area contributed by atoms with Crippen molar-refractivity contribution in [1.82, 2.24) is 14.8 Å². The van der Waals surface area contributed by atoms with Crippen molar-refractivity contribution in [2.45, 2.75) is 0 Å². The van der Waals surface area contributed by atoms with Gasteiger partial charge in [-0.15, -0.1) is 0 Å². The van der Waals surface area contributed by atoms with Crippen LogP contribution in [0.4, 0.5) is 10.1 Å². The number of nitrogens with one attached hydrogen (secondary N) is 1. The summed E-state index contributed by atoms with van der Waals surface area (Å²) < 4.78 is 16.2. The molecule has 0 saturated carbocycles. The van der Waals surface area contributed by atoms with Gasteiger partial charge in [-0.05, 0) is 51.8 Å². The van der Waals surface area contributed by atoms with Gasteiger partial charge < -0.3 is 5.32 Å². The summed E-state index contributed by atoms with van der Waals surface area (Å²) in [5, 5.41) is 15.8. The van der Waals surface area contributed by atoms with Gasteiger partial charge in [0.1, 0.15) is 35.8 Å². The van der Waals surface area contributed by atoms with Crippen molar-refractivity contribution in [2.24, 2.45) is 0 Å². The molecule has 0 saturated heterocycles. The van der Waals surface area contributed by atoms with Crippen molar-refractivity contribution >= 4 is 33.6 Å². The van der Waals surface area contributed by atoms with E-state index >= 15 is 0 Å². The van der Waals surface area contributed by atoms with E-state index in [-0.39, 0.29) is 11.3 Å². The molecule has 0 fully saturated rings. The molecule has 0 aliphatic carbocycles. The van der Waals surface area contributed by atoms with Crippen molar-refractivity contribution in [3.05, 3.63) is 76.5 Å². The summed E-state index contributed by atoms with van der Waals surface area (Å²) in [6, 6.07) is 13.2. The van der Waals surface area contributed by atoms with Crippen molar-refractivity contribution in [3.63, 3.8) is 0 Å². The fourth-order valence-electron chi connectivity index (χ4n) is 2.20. The van der Waals surface area contributed by atoms with Gasteiger partial charge in [-0.3, -0.25) is 4.79 Å². The van der Waals surface area contributed by atoms with Crippen LogP contribution in [-0.4, -0.2) is 20.7 Å². The zero-order chi connectivity index (χ0) is 18.5. The molecular weight excluding hydrogens is 401 g/mol. The molecule has 1 N–H and O–H groups in total. The Labute approximate surface area is 156 Å². The predicted molar refractivity (Wildman–Crippen MR) is 97.7 cm³/mol. The van der Waals surface area contributed by atoms with Crippen LogP contribution in [0, 0.1) is 17.1 Å². The average Bonchev–Trinajstić information content (AvgIpc) is 3.16. The molecule has 0 aliphatic rings. The summed E-state index contributed by atoms with van der Waals surface area (Å²) in [5.74, 6) is -1.13. The minimum absolute atomic E-state index is 0.145. The first-order valence-electron chi connectivity index (χ1n) is 7.40. The standard InChI is InChI=1S/C18H11BrFN5O/c19-14-3-1-2-4-16(14)24-18(26)13(9-21)7-12-5-6-17(15(20)8-12)25-11-22-10-23-25/h1-8,10-11H,(H,24,26). The average molecular weight is 412 g/mol. The molecule has 3 aromatic rings. The molecule has 0 atom stereocenters. The summed E-state index contributed by atoms with van der Waals surface area (Å²) in [4.78, 5) is 16.1. The second-order valence-corrected chi connectivity index (χ2v) is 6.01. The lowest BCUT2D eigenvalue weighted by molar-refractivity contribution is -0.112. The van der Waals surface area contributed by atoms with Gasteiger partial charge in [-0.25, -0.2) is 14.1 Å². The first-order chi connectivity index (χ1) is 12.6. The SMILES string of the molecule is N#CC(=Cc1ccc(-n2cncn2)c(F)c1)C(=O)Nc1ccccc1Br. The van der Waals surface area contributed by atoms with Crippen molar-refractivity contribution < 1.29 is 9.18 Å². The van der Waals surface area contributed by atoms with Gasteiger partial charge in [-0.1, -0.05) is 18.2 Å². The molecule has 1 amide bonds. The van der Waals surface area contributed by atoms with Gasteiger partial charge in [0.15, 0.2) is 0 Å². The molecule has 2 aromatic carbocycles. The van der Waals surface area contributed by atoms with Gasteiger partial charge in [0, 0.05) is 4.47 Å². The maximum absolute atomic E-state index is 14.3. The monoisotopic (exact) mass is 411 g/mol. The summed E-state index contributed by atoms with van der Waals surface area (Å²) in [6.45, 7) is 0. The zero-order valence-corrected chi connectivity index (χ0v) is 14.8. The first kappa shape index (κ1) is 17.5. The van der Waals surface area contributed by atoms with Crippen LogP contribution in [0.5, 0.6) is 0 Å². The second-order valence-electron chi connectivity index (χ2n) is 5.15. The van der Waals surface area contributed by atoms with Crippen LogP contribution < -0.4 is 5.32 Å². The molecule has 8 heteroatoms. The Morgan fingerprint density at radius 1 is 1.31 bits per heavy atom. The lowest BCUT2D eigenvalue weighted by Gasteiger charge is -2.07. The highest BCUT2D eigenvalue weighted by Crippen LogP contribution is 2.22. The molecule has 3 rings (SSSR count). The van der Waals surface area contributed by atoms with E-state index in [2.05, 4.69) is 31.3 Å². The van der Waals surface area contributed by atoms with E-state index in [0.717, 1.165) is 0 Å². The predicted octanol–water partition coefficient (Wildman–Crippen LogP) is 3.71. The number of nitriles is 1. The van der Waals surface area contributed by atoms with E-state index in [1.165, 1.54) is 35.5 Å². The van der Waals surface area contributed by atoms with Gasteiger partial charge in [-0.2, -0.15) is 10.4 Å². The number of nitrogens with zero attached hydrogens (tertiary/aromatic N) is 4. The number of amides is 1. The zero-order valence-electron chi connectivity index (χ0n) is 13.2. The van der Waals surface area contributed by atoms with Gasteiger partial charge in [0.05, 0.1) is 5.69 Å². The minimum Gasteiger partial charge on any atom is -0.320 e. The Hall–Kier alpha value is -3.31. The van der Waals surface area contributed by atoms with E-state index in [1.54, 1.807) is 30.3 Å². The van der Waals surface area contributed by atoms with Crippen LogP contribution in [0.25, 0.3) is 11.8 Å². The molecule has 0 unspecified atom stereocenters. The Kier molecular flexibility index (Phi) is 5.20. The number of rotatable bonds is 4. The molecule has 128 valence electrons. The van der Waals surface area contributed by atoms with Gasteiger partial charge >= 0.3 is 0 Å². The molecule has 6 nitrogen and oxygen atoms in total. The summed E-state index contributed by atoms with van der Waals surface area (Å²) in [7, 11) is 0. The van der Waals surface area contributed by atoms with Crippen LogP contribution in [0.2, 0.25) is 0 Å². The highest BCUT2D eigenvalue weighted by atomic mass is 79.9. The van der Waals surface area contributed by atoms with E-state index in [1.807, 2.05) is 6.07 Å². The normalized spacial score (nSPS) is 11.0. The lowest BCUT2D eigenvalue weighted by Crippen LogP contribution is -2.13. The maximum atomic E-state index is 14.3. The van der Waals surface area contributed by atoms with Crippen LogP contribution in [0.3, 0.4) is 0 Å². The van der Waals surface area contributed by atoms with Crippen LogP contribution in [-0.2, 0) is 4.79 Å². The number of halogens is 2. The number of para-hydroxylation sites is 1. The maximum Gasteiger partial charge on any atom is 0.266 e. The van der Waals surface area contributed by atoms with Crippen molar-refractivity contribution in [1.29, 1.82) is 5.26 Å². The smallest absolute Gasteiger partial charge is 0.266 e. The third-order valence-corrected chi connectivity index (χ3v) is 4.13. The van der Waals surface area contributed by atoms with Crippen molar-refractivity contribution in [2.75, 3.05) is 5.32 Å². The molecule has 0 spiro atoms. The second kappa shape index (κ2) is 7.72. The van der Waals surface area contributed by atoms with Gasteiger partial charge in [0.25, 0.3) is 5.91 Å². The Bertz CT molecular complexity index is 1020. The molecule has 0 radical (unpaired) electrons. The lowest BCUT2D eigenvalue weighted by atomic mass is 10.1. The topological polar surface area (TPSA) is 83.6 Å². The number of hydrogen-bond donors (Lipinski definition) is 1. The quantitative estimate of drug-likeness (QED) is 0.523. The Morgan fingerprint density at radius 2 is 2.12 bits per heavy atom. The van der Waals surface area contributed by atoms with Crippen molar-refractivity contribution in [3.8, 4) is 11.8 Å². The third-order valence-electron chi connectivity index (χ3n) is 3.44. The number of carbonyl (C=O) groups is 1. The van der Waals surface area contributed by atoms with Gasteiger partial charge in [0.2, 0.25) is 0 Å². The first-order valence-corrected chi connectivity index (χ1v) is 8.20. The molecule has 0 bridgehead atoms. The number of anilines is 1. The third kappa shape index (κ3) is 3.84. The summed E-state index contributed by atoms with van der Waals surface area (Å²) in [5.41, 5.74) is 0.987. The largest absolute Gasteiger partial charge is 0.320 e. The molecular formula is C18H11BrFN5O. The number of aromatic nitrogens is 3. The van der Waals surface area contributed by atoms with Crippen LogP contribution in [0.1, 0.15) is 5.56 Å². The number of hydrogen-bond acceptors (Lipinski definition) is 4. The van der Waals surface area contributed by atoms with E-state index < -0.39 is 11.7 Å². The molecule has 26 heavy (non-hydrogen) atoms. The van der Waals surface area contributed by atoms with Crippen LogP contribution >= 0.6 is 15.9 Å². The van der Waals surface area contributed by atoms with Crippen LogP contribution in [0.15, 0.2) is 65.2 Å². The fraction of sp³-hybridized carbons (Fsp3) is 0. The van der Waals surface area contributed by atoms with E-state index in [4.69, 9.17) is 0 Å². The molecule has 1 aromatic heterocycles. The summed E-state index contributed by atoms with van der Waals surface area (Å²) in [6.07, 6.45) is 3.99. The molecule has 0 aliphatic heterocycles. The Balaban J connectivity index is 1.85. The van der Waals surface area contributed by atoms with E-state index in [0.29, 0.717) is 15.7 Å². The highest BCUT2D eigenvalue weighted by Gasteiger charge is 2.12. The fourth-order valence-corrected chi connectivity index (χ4v) is 2.58. The molecule has 1 heterocycles. The Morgan fingerprint density at radius 3 is 2.77 bits per heavy atom. The van der Waals surface area contributed by atoms with E-state index in [9.17, 15) is 14.4 Å².